The van der Waals surface area contributed by atoms with E-state index in [0.29, 0.717) is 43.1 Å². The SMILES string of the molecule is O=S(=O)(Cc1ccccn1)N1CCC(c2nc(-c3ccc4c(c3)OCO4)c(-c3ccccn3)[nH]2)CC1. The molecule has 36 heavy (non-hydrogen) atoms. The van der Waals surface area contributed by atoms with E-state index in [2.05, 4.69) is 15.0 Å². The van der Waals surface area contributed by atoms with Crippen molar-refractivity contribution in [2.75, 3.05) is 19.9 Å². The van der Waals surface area contributed by atoms with E-state index in [0.717, 1.165) is 28.5 Å². The number of H-pyrrole nitrogens is 1. The number of hydrogen-bond acceptors (Lipinski definition) is 7. The summed E-state index contributed by atoms with van der Waals surface area (Å²) in [5.74, 6) is 2.27. The van der Waals surface area contributed by atoms with Crippen LogP contribution in [0.25, 0.3) is 22.6 Å². The fourth-order valence-electron chi connectivity index (χ4n) is 4.70. The van der Waals surface area contributed by atoms with Crippen LogP contribution in [0.1, 0.15) is 30.3 Å². The molecule has 1 aromatic carbocycles. The lowest BCUT2D eigenvalue weighted by molar-refractivity contribution is 0.174. The Labute approximate surface area is 209 Å². The van der Waals surface area contributed by atoms with Gasteiger partial charge in [0.05, 0.1) is 22.8 Å². The van der Waals surface area contributed by atoms with Gasteiger partial charge in [0.2, 0.25) is 16.8 Å². The van der Waals surface area contributed by atoms with E-state index in [1.165, 1.54) is 0 Å². The highest BCUT2D eigenvalue weighted by Crippen LogP contribution is 2.39. The van der Waals surface area contributed by atoms with Crippen LogP contribution in [-0.4, -0.2) is 52.5 Å². The molecule has 0 atom stereocenters. The number of sulfonamides is 1. The number of ether oxygens (including phenoxy) is 2. The molecule has 1 N–H and O–H groups in total. The fourth-order valence-corrected chi connectivity index (χ4v) is 6.20. The van der Waals surface area contributed by atoms with Gasteiger partial charge in [-0.05, 0) is 55.3 Å². The number of pyridine rings is 2. The Balaban J connectivity index is 1.25. The van der Waals surface area contributed by atoms with Crippen LogP contribution in [-0.2, 0) is 15.8 Å². The molecule has 9 nitrogen and oxygen atoms in total. The summed E-state index contributed by atoms with van der Waals surface area (Å²) in [6.07, 6.45) is 4.73. The maximum absolute atomic E-state index is 13.0. The van der Waals surface area contributed by atoms with E-state index < -0.39 is 10.0 Å². The average molecular weight is 504 g/mol. The number of aromatic amines is 1. The van der Waals surface area contributed by atoms with E-state index in [1.54, 1.807) is 34.9 Å². The zero-order valence-corrected chi connectivity index (χ0v) is 20.3. The molecule has 184 valence electrons. The molecule has 0 bridgehead atoms. The number of piperidine rings is 1. The number of nitrogens with zero attached hydrogens (tertiary/aromatic N) is 4. The highest BCUT2D eigenvalue weighted by Gasteiger charge is 2.31. The van der Waals surface area contributed by atoms with Gasteiger partial charge in [-0.2, -0.15) is 0 Å². The minimum absolute atomic E-state index is 0.0860. The third-order valence-corrected chi connectivity index (χ3v) is 8.39. The number of hydrogen-bond donors (Lipinski definition) is 1. The number of benzene rings is 1. The predicted molar refractivity (Wildman–Crippen MR) is 134 cm³/mol. The molecule has 2 aliphatic heterocycles. The van der Waals surface area contributed by atoms with E-state index in [-0.39, 0.29) is 18.5 Å². The van der Waals surface area contributed by atoms with Crippen LogP contribution in [0.3, 0.4) is 0 Å². The summed E-state index contributed by atoms with van der Waals surface area (Å²) in [5, 5.41) is 0. The second kappa shape index (κ2) is 9.36. The Morgan fingerprint density at radius 3 is 2.47 bits per heavy atom. The Kier molecular flexibility index (Phi) is 5.90. The summed E-state index contributed by atoms with van der Waals surface area (Å²) in [7, 11) is -3.43. The molecule has 1 fully saturated rings. The highest BCUT2D eigenvalue weighted by molar-refractivity contribution is 7.88. The van der Waals surface area contributed by atoms with Gasteiger partial charge in [-0.15, -0.1) is 0 Å². The van der Waals surface area contributed by atoms with E-state index in [9.17, 15) is 8.42 Å². The van der Waals surface area contributed by atoms with Gasteiger partial charge in [-0.3, -0.25) is 9.97 Å². The zero-order valence-electron chi connectivity index (χ0n) is 19.5. The van der Waals surface area contributed by atoms with Crippen LogP contribution in [0.4, 0.5) is 0 Å². The van der Waals surface area contributed by atoms with Crippen LogP contribution >= 0.6 is 0 Å². The zero-order chi connectivity index (χ0) is 24.5. The summed E-state index contributed by atoms with van der Waals surface area (Å²) in [6.45, 7) is 1.09. The number of imidazole rings is 1. The molecule has 3 aromatic heterocycles. The molecular weight excluding hydrogens is 478 g/mol. The molecule has 0 aliphatic carbocycles. The standard InChI is InChI=1S/C26H25N5O4S/c32-36(33,16-20-5-1-3-11-27-20)31-13-9-18(10-14-31)26-29-24(25(30-26)21-6-2-4-12-28-21)19-7-8-22-23(15-19)35-17-34-22/h1-8,11-12,15,18H,9-10,13-14,16-17H2,(H,29,30). The molecule has 4 aromatic rings. The average Bonchev–Trinajstić information content (AvgIpc) is 3.57. The lowest BCUT2D eigenvalue weighted by Gasteiger charge is -2.30. The van der Waals surface area contributed by atoms with Gasteiger partial charge in [0.25, 0.3) is 0 Å². The molecule has 6 rings (SSSR count). The lowest BCUT2D eigenvalue weighted by atomic mass is 9.97. The van der Waals surface area contributed by atoms with Crippen LogP contribution in [0, 0.1) is 0 Å². The van der Waals surface area contributed by atoms with Crippen molar-refractivity contribution in [1.82, 2.24) is 24.2 Å². The number of fused-ring (bicyclic) bond motifs is 1. The van der Waals surface area contributed by atoms with E-state index in [4.69, 9.17) is 14.5 Å². The van der Waals surface area contributed by atoms with Crippen molar-refractivity contribution in [3.63, 3.8) is 0 Å². The largest absolute Gasteiger partial charge is 0.454 e. The maximum atomic E-state index is 13.0. The second-order valence-electron chi connectivity index (χ2n) is 8.88. The fraction of sp³-hybridized carbons (Fsp3) is 0.269. The molecule has 5 heterocycles. The minimum atomic E-state index is -3.43. The molecular formula is C26H25N5O4S. The lowest BCUT2D eigenvalue weighted by Crippen LogP contribution is -2.38. The van der Waals surface area contributed by atoms with Crippen molar-refractivity contribution < 1.29 is 17.9 Å². The molecule has 0 saturated carbocycles. The number of rotatable bonds is 6. The van der Waals surface area contributed by atoms with Crippen molar-refractivity contribution in [2.24, 2.45) is 0 Å². The smallest absolute Gasteiger partial charge is 0.231 e. The summed E-state index contributed by atoms with van der Waals surface area (Å²) in [6, 6.07) is 16.9. The van der Waals surface area contributed by atoms with Gasteiger partial charge in [0, 0.05) is 37.0 Å². The van der Waals surface area contributed by atoms with Crippen molar-refractivity contribution >= 4 is 10.0 Å². The third-order valence-electron chi connectivity index (χ3n) is 6.58. The van der Waals surface area contributed by atoms with Crippen LogP contribution in [0.15, 0.2) is 67.0 Å². The monoisotopic (exact) mass is 503 g/mol. The Bertz CT molecular complexity index is 1470. The molecule has 0 amide bonds. The van der Waals surface area contributed by atoms with Gasteiger partial charge in [0.15, 0.2) is 11.5 Å². The van der Waals surface area contributed by atoms with E-state index >= 15 is 0 Å². The molecule has 2 aliphatic rings. The van der Waals surface area contributed by atoms with E-state index in [1.807, 2.05) is 36.4 Å². The summed E-state index contributed by atoms with van der Waals surface area (Å²) in [5.41, 5.74) is 3.86. The first-order valence-corrected chi connectivity index (χ1v) is 13.5. The Hall–Kier alpha value is -3.76. The summed E-state index contributed by atoms with van der Waals surface area (Å²) >= 11 is 0. The minimum Gasteiger partial charge on any atom is -0.454 e. The quantitative estimate of drug-likeness (QED) is 0.424. The maximum Gasteiger partial charge on any atom is 0.231 e. The van der Waals surface area contributed by atoms with Crippen molar-refractivity contribution in [3.05, 3.63) is 78.5 Å². The number of aromatic nitrogens is 4. The number of nitrogens with one attached hydrogen (secondary N) is 1. The molecule has 0 spiro atoms. The topological polar surface area (TPSA) is 110 Å². The first-order valence-electron chi connectivity index (χ1n) is 11.9. The molecule has 1 saturated heterocycles. The first-order chi connectivity index (χ1) is 17.6. The van der Waals surface area contributed by atoms with Crippen LogP contribution < -0.4 is 9.47 Å². The normalized spacial score (nSPS) is 16.3. The van der Waals surface area contributed by atoms with Crippen molar-refractivity contribution in [1.29, 1.82) is 0 Å². The molecule has 0 radical (unpaired) electrons. The third kappa shape index (κ3) is 4.45. The second-order valence-corrected chi connectivity index (χ2v) is 10.8. The van der Waals surface area contributed by atoms with Gasteiger partial charge < -0.3 is 14.5 Å². The van der Waals surface area contributed by atoms with Crippen molar-refractivity contribution in [3.8, 4) is 34.1 Å². The van der Waals surface area contributed by atoms with Gasteiger partial charge in [-0.1, -0.05) is 12.1 Å². The van der Waals surface area contributed by atoms with Gasteiger partial charge >= 0.3 is 0 Å². The predicted octanol–water partition coefficient (Wildman–Crippen LogP) is 3.97. The molecule has 0 unspecified atom stereocenters. The highest BCUT2D eigenvalue weighted by atomic mass is 32.2. The first kappa shape index (κ1) is 22.7. The van der Waals surface area contributed by atoms with Crippen LogP contribution in [0.2, 0.25) is 0 Å². The summed E-state index contributed by atoms with van der Waals surface area (Å²) < 4.78 is 38.5. The summed E-state index contributed by atoms with van der Waals surface area (Å²) in [4.78, 5) is 17.2. The Morgan fingerprint density at radius 2 is 1.72 bits per heavy atom. The van der Waals surface area contributed by atoms with Crippen LogP contribution in [0.5, 0.6) is 11.5 Å². The van der Waals surface area contributed by atoms with Crippen molar-refractivity contribution in [2.45, 2.75) is 24.5 Å². The van der Waals surface area contributed by atoms with Gasteiger partial charge in [-0.25, -0.2) is 17.7 Å². The van der Waals surface area contributed by atoms with Gasteiger partial charge in [0.1, 0.15) is 11.6 Å². The molecule has 10 heteroatoms. The Morgan fingerprint density at radius 1 is 0.944 bits per heavy atom.